The van der Waals surface area contributed by atoms with Gasteiger partial charge in [-0.05, 0) is 12.5 Å². The van der Waals surface area contributed by atoms with Gasteiger partial charge in [-0.2, -0.15) is 0 Å². The molecule has 0 heterocycles. The summed E-state index contributed by atoms with van der Waals surface area (Å²) in [4.78, 5) is 10.6. The Kier molecular flexibility index (Phi) is 4.84. The van der Waals surface area contributed by atoms with Gasteiger partial charge in [0.15, 0.2) is 0 Å². The topological polar surface area (TPSA) is 41.1 Å². The number of rotatable bonds is 5. The molecule has 3 nitrogen and oxygen atoms in total. The molecule has 2 N–H and O–H groups in total. The molecule has 0 spiro atoms. The normalized spacial score (nSPS) is 12.1. The maximum absolute atomic E-state index is 10.6. The third-order valence-corrected chi connectivity index (χ3v) is 2.25. The molecule has 0 radical (unpaired) electrons. The van der Waals surface area contributed by atoms with Crippen LogP contribution in [0.15, 0.2) is 30.3 Å². The van der Waals surface area contributed by atoms with Crippen molar-refractivity contribution in [2.45, 2.75) is 19.9 Å². The molecule has 0 saturated heterocycles. The van der Waals surface area contributed by atoms with E-state index in [4.69, 9.17) is 0 Å². The zero-order valence-corrected chi connectivity index (χ0v) is 9.29. The van der Waals surface area contributed by atoms with Crippen molar-refractivity contribution in [2.24, 2.45) is 0 Å². The first-order valence-corrected chi connectivity index (χ1v) is 5.23. The molecule has 0 saturated carbocycles. The minimum absolute atomic E-state index is 0.0177. The first kappa shape index (κ1) is 11.7. The van der Waals surface area contributed by atoms with E-state index in [0.29, 0.717) is 12.6 Å². The molecule has 0 aliphatic heterocycles. The van der Waals surface area contributed by atoms with Crippen LogP contribution in [0.4, 0.5) is 0 Å². The van der Waals surface area contributed by atoms with Crippen molar-refractivity contribution in [2.75, 3.05) is 13.1 Å². The number of hydrogen-bond acceptors (Lipinski definition) is 2. The van der Waals surface area contributed by atoms with Crippen LogP contribution in [0.3, 0.4) is 0 Å². The van der Waals surface area contributed by atoms with Crippen molar-refractivity contribution >= 4 is 5.91 Å². The highest BCUT2D eigenvalue weighted by Crippen LogP contribution is 2.09. The molecule has 0 bridgehead atoms. The van der Waals surface area contributed by atoms with E-state index in [-0.39, 0.29) is 5.91 Å². The van der Waals surface area contributed by atoms with Crippen molar-refractivity contribution in [1.29, 1.82) is 0 Å². The summed E-state index contributed by atoms with van der Waals surface area (Å²) in [5, 5.41) is 6.09. The molecule has 15 heavy (non-hydrogen) atoms. The van der Waals surface area contributed by atoms with Crippen LogP contribution in [0, 0.1) is 0 Å². The average molecular weight is 206 g/mol. The van der Waals surface area contributed by atoms with Crippen LogP contribution in [0.1, 0.15) is 25.5 Å². The largest absolute Gasteiger partial charge is 0.355 e. The van der Waals surface area contributed by atoms with Gasteiger partial charge in [0, 0.05) is 26.1 Å². The van der Waals surface area contributed by atoms with Crippen LogP contribution in [0.25, 0.3) is 0 Å². The summed E-state index contributed by atoms with van der Waals surface area (Å²) in [6.45, 7) is 5.10. The maximum atomic E-state index is 10.6. The molecule has 3 heteroatoms. The average Bonchev–Trinajstić information content (AvgIpc) is 2.25. The zero-order chi connectivity index (χ0) is 11.1. The third-order valence-electron chi connectivity index (χ3n) is 2.25. The molecule has 0 fully saturated rings. The number of carbonyl (C=O) groups excluding carboxylic acids is 1. The van der Waals surface area contributed by atoms with Crippen molar-refractivity contribution in [3.63, 3.8) is 0 Å². The summed E-state index contributed by atoms with van der Waals surface area (Å²) in [5.41, 5.74) is 1.26. The quantitative estimate of drug-likeness (QED) is 0.716. The molecular formula is C12H18N2O. The number of benzene rings is 1. The Hall–Kier alpha value is -1.35. The lowest BCUT2D eigenvalue weighted by atomic mass is 10.1. The van der Waals surface area contributed by atoms with E-state index in [1.54, 1.807) is 0 Å². The standard InChI is InChI=1S/C12H18N2O/c1-10(12-6-4-3-5-7-12)13-8-9-14-11(2)15/h3-7,10,13H,8-9H2,1-2H3,(H,14,15)/t10-/m1/s1. The van der Waals surface area contributed by atoms with Gasteiger partial charge in [0.25, 0.3) is 0 Å². The summed E-state index contributed by atoms with van der Waals surface area (Å²) < 4.78 is 0. The molecule has 0 unspecified atom stereocenters. The Bertz CT molecular complexity index is 298. The summed E-state index contributed by atoms with van der Waals surface area (Å²) in [6.07, 6.45) is 0. The van der Waals surface area contributed by atoms with Crippen LogP contribution in [0.2, 0.25) is 0 Å². The van der Waals surface area contributed by atoms with Crippen LogP contribution in [-0.2, 0) is 4.79 Å². The van der Waals surface area contributed by atoms with Crippen LogP contribution >= 0.6 is 0 Å². The van der Waals surface area contributed by atoms with Crippen molar-refractivity contribution in [3.05, 3.63) is 35.9 Å². The maximum Gasteiger partial charge on any atom is 0.216 e. The second-order valence-electron chi connectivity index (χ2n) is 3.57. The van der Waals surface area contributed by atoms with Crippen LogP contribution in [-0.4, -0.2) is 19.0 Å². The first-order valence-electron chi connectivity index (χ1n) is 5.23. The molecule has 0 aliphatic carbocycles. The summed E-state index contributed by atoms with van der Waals surface area (Å²) in [6, 6.07) is 10.6. The Morgan fingerprint density at radius 2 is 1.93 bits per heavy atom. The minimum Gasteiger partial charge on any atom is -0.355 e. The van der Waals surface area contributed by atoms with Gasteiger partial charge >= 0.3 is 0 Å². The summed E-state index contributed by atoms with van der Waals surface area (Å²) in [7, 11) is 0. The van der Waals surface area contributed by atoms with E-state index in [1.165, 1.54) is 12.5 Å². The lowest BCUT2D eigenvalue weighted by Gasteiger charge is -2.14. The Morgan fingerprint density at radius 1 is 1.27 bits per heavy atom. The van der Waals surface area contributed by atoms with Gasteiger partial charge in [0.1, 0.15) is 0 Å². The van der Waals surface area contributed by atoms with Gasteiger partial charge in [0.2, 0.25) is 5.91 Å². The number of nitrogens with one attached hydrogen (secondary N) is 2. The monoisotopic (exact) mass is 206 g/mol. The Labute approximate surface area is 90.9 Å². The highest BCUT2D eigenvalue weighted by Gasteiger charge is 2.02. The minimum atomic E-state index is 0.0177. The molecule has 0 aromatic heterocycles. The van der Waals surface area contributed by atoms with Crippen LogP contribution < -0.4 is 10.6 Å². The molecule has 1 amide bonds. The van der Waals surface area contributed by atoms with Crippen molar-refractivity contribution < 1.29 is 4.79 Å². The number of amides is 1. The van der Waals surface area contributed by atoms with E-state index in [0.717, 1.165) is 6.54 Å². The molecule has 1 atom stereocenters. The van der Waals surface area contributed by atoms with Crippen LogP contribution in [0.5, 0.6) is 0 Å². The van der Waals surface area contributed by atoms with Gasteiger partial charge in [0.05, 0.1) is 0 Å². The summed E-state index contributed by atoms with van der Waals surface area (Å²) in [5.74, 6) is 0.0177. The first-order chi connectivity index (χ1) is 7.20. The van der Waals surface area contributed by atoms with E-state index in [9.17, 15) is 4.79 Å². The van der Waals surface area contributed by atoms with Gasteiger partial charge in [-0.3, -0.25) is 4.79 Å². The second-order valence-corrected chi connectivity index (χ2v) is 3.57. The lowest BCUT2D eigenvalue weighted by Crippen LogP contribution is -2.31. The zero-order valence-electron chi connectivity index (χ0n) is 9.29. The van der Waals surface area contributed by atoms with Gasteiger partial charge in [-0.15, -0.1) is 0 Å². The van der Waals surface area contributed by atoms with Gasteiger partial charge in [-0.25, -0.2) is 0 Å². The fourth-order valence-electron chi connectivity index (χ4n) is 1.39. The number of hydrogen-bond donors (Lipinski definition) is 2. The fourth-order valence-corrected chi connectivity index (χ4v) is 1.39. The van der Waals surface area contributed by atoms with Gasteiger partial charge < -0.3 is 10.6 Å². The third kappa shape index (κ3) is 4.61. The lowest BCUT2D eigenvalue weighted by molar-refractivity contribution is -0.118. The highest BCUT2D eigenvalue weighted by atomic mass is 16.1. The predicted octanol–water partition coefficient (Wildman–Crippen LogP) is 1.47. The molecule has 1 aromatic carbocycles. The fraction of sp³-hybridized carbons (Fsp3) is 0.417. The molecule has 1 rings (SSSR count). The van der Waals surface area contributed by atoms with E-state index >= 15 is 0 Å². The highest BCUT2D eigenvalue weighted by molar-refractivity contribution is 5.72. The summed E-state index contributed by atoms with van der Waals surface area (Å²) >= 11 is 0. The molecular weight excluding hydrogens is 188 g/mol. The Morgan fingerprint density at radius 3 is 2.53 bits per heavy atom. The van der Waals surface area contributed by atoms with Crippen molar-refractivity contribution in [1.82, 2.24) is 10.6 Å². The number of carbonyl (C=O) groups is 1. The molecule has 1 aromatic rings. The van der Waals surface area contributed by atoms with Crippen molar-refractivity contribution in [3.8, 4) is 0 Å². The Balaban J connectivity index is 2.25. The smallest absolute Gasteiger partial charge is 0.216 e. The second kappa shape index (κ2) is 6.19. The SMILES string of the molecule is CC(=O)NCCN[C@H](C)c1ccccc1. The van der Waals surface area contributed by atoms with E-state index < -0.39 is 0 Å². The van der Waals surface area contributed by atoms with E-state index in [1.807, 2.05) is 18.2 Å². The van der Waals surface area contributed by atoms with Gasteiger partial charge in [-0.1, -0.05) is 30.3 Å². The molecule has 82 valence electrons. The predicted molar refractivity (Wildman–Crippen MR) is 61.5 cm³/mol. The molecule has 0 aliphatic rings. The van der Waals surface area contributed by atoms with E-state index in [2.05, 4.69) is 29.7 Å².